The van der Waals surface area contributed by atoms with E-state index in [2.05, 4.69) is 39.0 Å². The highest BCUT2D eigenvalue weighted by Crippen LogP contribution is 2.34. The topological polar surface area (TPSA) is 20.2 Å². The van der Waals surface area contributed by atoms with Gasteiger partial charge >= 0.3 is 0 Å². The molecule has 16 heavy (non-hydrogen) atoms. The standard InChI is InChI=1S/C15H20O/c1-10-7-11(2)13-5-4-6-14(12(3)9-16)15(13)8-10/h6-8,12,16H,4-5,9H2,1-3H3. The number of allylic oxidation sites excluding steroid dienone is 1. The van der Waals surface area contributed by atoms with Gasteiger partial charge in [0.15, 0.2) is 0 Å². The van der Waals surface area contributed by atoms with Crippen molar-refractivity contribution in [3.8, 4) is 0 Å². The second kappa shape index (κ2) is 4.42. The maximum Gasteiger partial charge on any atom is 0.0497 e. The molecule has 1 unspecified atom stereocenters. The summed E-state index contributed by atoms with van der Waals surface area (Å²) in [7, 11) is 0. The Morgan fingerprint density at radius 1 is 1.31 bits per heavy atom. The number of benzene rings is 1. The van der Waals surface area contributed by atoms with Crippen molar-refractivity contribution in [2.45, 2.75) is 33.6 Å². The third-order valence-corrected chi connectivity index (χ3v) is 3.49. The molecule has 0 bridgehead atoms. The largest absolute Gasteiger partial charge is 0.396 e. The Morgan fingerprint density at radius 2 is 2.06 bits per heavy atom. The van der Waals surface area contributed by atoms with Gasteiger partial charge in [-0.25, -0.2) is 0 Å². The Morgan fingerprint density at radius 3 is 2.75 bits per heavy atom. The Kier molecular flexibility index (Phi) is 3.15. The molecule has 1 nitrogen and oxygen atoms in total. The Labute approximate surface area is 97.8 Å². The fraction of sp³-hybridized carbons (Fsp3) is 0.467. The van der Waals surface area contributed by atoms with Gasteiger partial charge in [-0.15, -0.1) is 0 Å². The number of hydrogen-bond acceptors (Lipinski definition) is 1. The molecule has 1 heteroatoms. The predicted molar refractivity (Wildman–Crippen MR) is 68.5 cm³/mol. The summed E-state index contributed by atoms with van der Waals surface area (Å²) in [4.78, 5) is 0. The molecule has 1 aliphatic rings. The first-order valence-electron chi connectivity index (χ1n) is 6.05. The van der Waals surface area contributed by atoms with Gasteiger partial charge in [-0.3, -0.25) is 0 Å². The zero-order valence-corrected chi connectivity index (χ0v) is 10.4. The molecule has 1 atom stereocenters. The van der Waals surface area contributed by atoms with Gasteiger partial charge in [0.2, 0.25) is 0 Å². The molecule has 0 aliphatic heterocycles. The SMILES string of the molecule is Cc1cc(C)c2c(c1)C(C(C)CO)=CCC2. The van der Waals surface area contributed by atoms with Gasteiger partial charge in [0.05, 0.1) is 0 Å². The third kappa shape index (κ3) is 1.92. The molecule has 0 spiro atoms. The van der Waals surface area contributed by atoms with Gasteiger partial charge in [0, 0.05) is 12.5 Å². The molecule has 1 N–H and O–H groups in total. The summed E-state index contributed by atoms with van der Waals surface area (Å²) in [5.41, 5.74) is 6.88. The highest BCUT2D eigenvalue weighted by molar-refractivity contribution is 5.73. The molecule has 0 radical (unpaired) electrons. The molecule has 2 rings (SSSR count). The van der Waals surface area contributed by atoms with Gasteiger partial charge in [0.1, 0.15) is 0 Å². The number of hydrogen-bond donors (Lipinski definition) is 1. The van der Waals surface area contributed by atoms with Gasteiger partial charge in [0.25, 0.3) is 0 Å². The third-order valence-electron chi connectivity index (χ3n) is 3.49. The molecule has 0 fully saturated rings. The number of aryl methyl sites for hydroxylation is 2. The summed E-state index contributed by atoms with van der Waals surface area (Å²) in [5, 5.41) is 9.31. The molecule has 1 aromatic rings. The number of rotatable bonds is 2. The highest BCUT2D eigenvalue weighted by atomic mass is 16.3. The van der Waals surface area contributed by atoms with Crippen LogP contribution in [0.5, 0.6) is 0 Å². The summed E-state index contributed by atoms with van der Waals surface area (Å²) >= 11 is 0. The van der Waals surface area contributed by atoms with E-state index in [0.717, 1.165) is 12.8 Å². The quantitative estimate of drug-likeness (QED) is 0.804. The molecule has 0 saturated heterocycles. The average molecular weight is 216 g/mol. The number of fused-ring (bicyclic) bond motifs is 1. The van der Waals surface area contributed by atoms with E-state index in [-0.39, 0.29) is 12.5 Å². The van der Waals surface area contributed by atoms with Crippen LogP contribution in [-0.4, -0.2) is 11.7 Å². The van der Waals surface area contributed by atoms with Gasteiger partial charge < -0.3 is 5.11 Å². The van der Waals surface area contributed by atoms with Crippen LogP contribution in [0.4, 0.5) is 0 Å². The van der Waals surface area contributed by atoms with Crippen molar-refractivity contribution in [2.24, 2.45) is 5.92 Å². The summed E-state index contributed by atoms with van der Waals surface area (Å²) in [6.07, 6.45) is 4.54. The van der Waals surface area contributed by atoms with Crippen LogP contribution in [0.2, 0.25) is 0 Å². The molecule has 0 amide bonds. The maximum atomic E-state index is 9.31. The van der Waals surface area contributed by atoms with E-state index in [9.17, 15) is 5.11 Å². The summed E-state index contributed by atoms with van der Waals surface area (Å²) < 4.78 is 0. The van der Waals surface area contributed by atoms with Crippen LogP contribution < -0.4 is 0 Å². The second-order valence-electron chi connectivity index (χ2n) is 4.89. The first-order chi connectivity index (χ1) is 7.63. The fourth-order valence-electron chi connectivity index (χ4n) is 2.63. The summed E-state index contributed by atoms with van der Waals surface area (Å²) in [6, 6.07) is 4.52. The Bertz CT molecular complexity index is 429. The van der Waals surface area contributed by atoms with Crippen LogP contribution in [0, 0.1) is 19.8 Å². The predicted octanol–water partition coefficient (Wildman–Crippen LogP) is 3.26. The number of aliphatic hydroxyl groups is 1. The van der Waals surface area contributed by atoms with Crippen molar-refractivity contribution in [1.82, 2.24) is 0 Å². The first kappa shape index (κ1) is 11.4. The minimum atomic E-state index is 0.234. The fourth-order valence-corrected chi connectivity index (χ4v) is 2.63. The van der Waals surface area contributed by atoms with Gasteiger partial charge in [-0.1, -0.05) is 30.7 Å². The van der Waals surface area contributed by atoms with E-state index in [1.165, 1.54) is 27.8 Å². The van der Waals surface area contributed by atoms with E-state index in [1.807, 2.05) is 0 Å². The lowest BCUT2D eigenvalue weighted by atomic mass is 9.82. The summed E-state index contributed by atoms with van der Waals surface area (Å²) in [6.45, 7) is 6.67. The lowest BCUT2D eigenvalue weighted by Gasteiger charge is -2.24. The van der Waals surface area contributed by atoms with Crippen LogP contribution >= 0.6 is 0 Å². The van der Waals surface area contributed by atoms with E-state index in [0.29, 0.717) is 0 Å². The lowest BCUT2D eigenvalue weighted by molar-refractivity contribution is 0.266. The van der Waals surface area contributed by atoms with Crippen LogP contribution in [0.25, 0.3) is 5.57 Å². The zero-order valence-electron chi connectivity index (χ0n) is 10.4. The van der Waals surface area contributed by atoms with E-state index in [1.54, 1.807) is 0 Å². The van der Waals surface area contributed by atoms with Crippen LogP contribution in [0.15, 0.2) is 18.2 Å². The number of aliphatic hydroxyl groups excluding tert-OH is 1. The van der Waals surface area contributed by atoms with Crippen molar-refractivity contribution in [3.63, 3.8) is 0 Å². The van der Waals surface area contributed by atoms with Crippen LogP contribution in [0.1, 0.15) is 35.6 Å². The minimum Gasteiger partial charge on any atom is -0.396 e. The zero-order chi connectivity index (χ0) is 11.7. The van der Waals surface area contributed by atoms with E-state index in [4.69, 9.17) is 0 Å². The Hall–Kier alpha value is -1.08. The van der Waals surface area contributed by atoms with Gasteiger partial charge in [-0.05, 0) is 49.0 Å². The van der Waals surface area contributed by atoms with Gasteiger partial charge in [-0.2, -0.15) is 0 Å². The van der Waals surface area contributed by atoms with Crippen molar-refractivity contribution < 1.29 is 5.11 Å². The molecule has 1 aromatic carbocycles. The van der Waals surface area contributed by atoms with Crippen molar-refractivity contribution in [1.29, 1.82) is 0 Å². The van der Waals surface area contributed by atoms with E-state index >= 15 is 0 Å². The molecular weight excluding hydrogens is 196 g/mol. The average Bonchev–Trinajstić information content (AvgIpc) is 2.27. The van der Waals surface area contributed by atoms with Crippen LogP contribution in [-0.2, 0) is 6.42 Å². The van der Waals surface area contributed by atoms with E-state index < -0.39 is 0 Å². The minimum absolute atomic E-state index is 0.234. The molecule has 1 aliphatic carbocycles. The van der Waals surface area contributed by atoms with Crippen molar-refractivity contribution >= 4 is 5.57 Å². The monoisotopic (exact) mass is 216 g/mol. The first-order valence-corrected chi connectivity index (χ1v) is 6.05. The van der Waals surface area contributed by atoms with Crippen molar-refractivity contribution in [3.05, 3.63) is 40.5 Å². The Balaban J connectivity index is 2.53. The molecule has 86 valence electrons. The molecule has 0 aromatic heterocycles. The summed E-state index contributed by atoms with van der Waals surface area (Å²) in [5.74, 6) is 0.250. The smallest absolute Gasteiger partial charge is 0.0497 e. The second-order valence-corrected chi connectivity index (χ2v) is 4.89. The van der Waals surface area contributed by atoms with Crippen molar-refractivity contribution in [2.75, 3.05) is 6.61 Å². The molecule has 0 heterocycles. The highest BCUT2D eigenvalue weighted by Gasteiger charge is 2.18. The normalized spacial score (nSPS) is 16.6. The van der Waals surface area contributed by atoms with Crippen LogP contribution in [0.3, 0.4) is 0 Å². The lowest BCUT2D eigenvalue weighted by Crippen LogP contribution is -2.11. The maximum absolute atomic E-state index is 9.31. The molecular formula is C15H20O. The molecule has 0 saturated carbocycles.